The molecule has 32 heavy (non-hydrogen) atoms. The molecule has 0 bridgehead atoms. The van der Waals surface area contributed by atoms with Gasteiger partial charge in [-0.25, -0.2) is 4.98 Å². The number of aromatic nitrogens is 4. The van der Waals surface area contributed by atoms with Gasteiger partial charge in [0.2, 0.25) is 0 Å². The first-order valence-corrected chi connectivity index (χ1v) is 11.1. The number of oxazole rings is 1. The molecule has 166 valence electrons. The highest BCUT2D eigenvalue weighted by Gasteiger charge is 2.24. The number of H-pyrrole nitrogens is 1. The third kappa shape index (κ3) is 5.64. The van der Waals surface area contributed by atoms with E-state index in [2.05, 4.69) is 25.1 Å². The molecule has 5 rings (SSSR count). The van der Waals surface area contributed by atoms with Crippen molar-refractivity contribution in [2.75, 3.05) is 26.2 Å². The molecule has 2 heterocycles. The molecule has 0 amide bonds. The van der Waals surface area contributed by atoms with Gasteiger partial charge in [-0.2, -0.15) is 10.1 Å². The van der Waals surface area contributed by atoms with Gasteiger partial charge in [0.1, 0.15) is 35.8 Å². The molecule has 2 aromatic carbocycles. The van der Waals surface area contributed by atoms with Crippen molar-refractivity contribution in [3.05, 3.63) is 60.7 Å². The number of ether oxygens (including phenoxy) is 2. The van der Waals surface area contributed by atoms with Crippen LogP contribution < -0.4 is 9.47 Å². The maximum absolute atomic E-state index is 5.98. The molecule has 1 N–H and O–H groups in total. The van der Waals surface area contributed by atoms with E-state index >= 15 is 0 Å². The average molecular weight is 434 g/mol. The van der Waals surface area contributed by atoms with Gasteiger partial charge >= 0.3 is 6.08 Å². The van der Waals surface area contributed by atoms with Gasteiger partial charge in [0.15, 0.2) is 5.58 Å². The number of fused-ring (bicyclic) bond motifs is 1. The molecule has 1 fully saturated rings. The Morgan fingerprint density at radius 3 is 2.66 bits per heavy atom. The molecule has 8 heteroatoms. The summed E-state index contributed by atoms with van der Waals surface area (Å²) in [4.78, 5) is 11.0. The summed E-state index contributed by atoms with van der Waals surface area (Å²) in [5.41, 5.74) is 1.48. The van der Waals surface area contributed by atoms with Crippen molar-refractivity contribution in [2.24, 2.45) is 5.92 Å². The van der Waals surface area contributed by atoms with Crippen molar-refractivity contribution in [3.8, 4) is 17.6 Å². The van der Waals surface area contributed by atoms with Crippen molar-refractivity contribution in [3.63, 3.8) is 0 Å². The van der Waals surface area contributed by atoms with E-state index in [0.29, 0.717) is 17.9 Å². The van der Waals surface area contributed by atoms with Crippen LogP contribution in [-0.4, -0.2) is 51.3 Å². The highest BCUT2D eigenvalue weighted by Crippen LogP contribution is 2.30. The molecule has 2 aromatic heterocycles. The van der Waals surface area contributed by atoms with Crippen LogP contribution in [0, 0.1) is 5.92 Å². The Kier molecular flexibility index (Phi) is 6.30. The van der Waals surface area contributed by atoms with Gasteiger partial charge in [-0.1, -0.05) is 12.1 Å². The molecule has 1 saturated carbocycles. The molecule has 0 spiro atoms. The Morgan fingerprint density at radius 2 is 1.88 bits per heavy atom. The summed E-state index contributed by atoms with van der Waals surface area (Å²) in [6, 6.07) is 15.1. The molecule has 0 saturated heterocycles. The van der Waals surface area contributed by atoms with Crippen LogP contribution >= 0.6 is 0 Å². The monoisotopic (exact) mass is 433 g/mol. The summed E-state index contributed by atoms with van der Waals surface area (Å²) in [6.45, 7) is 3.75. The first-order chi connectivity index (χ1) is 15.8. The highest BCUT2D eigenvalue weighted by atomic mass is 16.6. The Labute approximate surface area is 186 Å². The number of aryl methyl sites for hydroxylation is 1. The Bertz CT molecular complexity index is 1070. The molecule has 0 atom stereocenters. The molecule has 8 nitrogen and oxygen atoms in total. The largest absolute Gasteiger partial charge is 0.492 e. The van der Waals surface area contributed by atoms with Gasteiger partial charge < -0.3 is 13.9 Å². The normalized spacial score (nSPS) is 13.7. The van der Waals surface area contributed by atoms with E-state index < -0.39 is 0 Å². The molecule has 0 radical (unpaired) electrons. The van der Waals surface area contributed by atoms with Gasteiger partial charge in [-0.3, -0.25) is 10.00 Å². The minimum atomic E-state index is 0.237. The fourth-order valence-corrected chi connectivity index (χ4v) is 3.67. The van der Waals surface area contributed by atoms with Crippen LogP contribution in [0.1, 0.15) is 25.1 Å². The van der Waals surface area contributed by atoms with Crippen LogP contribution in [0.3, 0.4) is 0 Å². The smallest absolute Gasteiger partial charge is 0.400 e. The summed E-state index contributed by atoms with van der Waals surface area (Å²) < 4.78 is 17.3. The summed E-state index contributed by atoms with van der Waals surface area (Å²) in [5, 5.41) is 6.84. The quantitative estimate of drug-likeness (QED) is 0.353. The minimum absolute atomic E-state index is 0.237. The van der Waals surface area contributed by atoms with Crippen LogP contribution in [0.15, 0.2) is 59.3 Å². The topological polar surface area (TPSA) is 89.3 Å². The standard InChI is InChI=1S/C24H27N5O3/c1-2-5-22-21(4-1)27-24(32-22)31-20-11-9-19(10-12-20)30-15-14-29(16-18-7-8-18)13-3-6-23-25-17-26-28-23/h1-2,4-5,9-12,17-18H,3,6-8,13-16H2,(H,25,26,28). The second-order valence-electron chi connectivity index (χ2n) is 8.15. The lowest BCUT2D eigenvalue weighted by Crippen LogP contribution is -2.31. The maximum Gasteiger partial charge on any atom is 0.400 e. The van der Waals surface area contributed by atoms with E-state index in [9.17, 15) is 0 Å². The third-order valence-electron chi connectivity index (χ3n) is 5.55. The number of benzene rings is 2. The second kappa shape index (κ2) is 9.82. The third-order valence-corrected chi connectivity index (χ3v) is 5.55. The summed E-state index contributed by atoms with van der Waals surface area (Å²) in [6.07, 6.45) is 6.48. The van der Waals surface area contributed by atoms with Crippen LogP contribution in [0.5, 0.6) is 17.6 Å². The molecular weight excluding hydrogens is 406 g/mol. The number of hydrogen-bond acceptors (Lipinski definition) is 7. The average Bonchev–Trinajstić information content (AvgIpc) is 3.30. The molecule has 4 aromatic rings. The fourth-order valence-electron chi connectivity index (χ4n) is 3.67. The van der Waals surface area contributed by atoms with Crippen molar-refractivity contribution in [1.29, 1.82) is 0 Å². The van der Waals surface area contributed by atoms with Crippen molar-refractivity contribution in [1.82, 2.24) is 25.1 Å². The lowest BCUT2D eigenvalue weighted by Gasteiger charge is -2.22. The van der Waals surface area contributed by atoms with Crippen LogP contribution in [0.2, 0.25) is 0 Å². The highest BCUT2D eigenvalue weighted by molar-refractivity contribution is 5.72. The lowest BCUT2D eigenvalue weighted by atomic mass is 10.2. The van der Waals surface area contributed by atoms with Crippen molar-refractivity contribution < 1.29 is 13.9 Å². The Hall–Kier alpha value is -3.39. The van der Waals surface area contributed by atoms with Crippen molar-refractivity contribution >= 4 is 11.1 Å². The summed E-state index contributed by atoms with van der Waals surface area (Å²) >= 11 is 0. The first-order valence-electron chi connectivity index (χ1n) is 11.1. The zero-order valence-electron chi connectivity index (χ0n) is 17.9. The summed E-state index contributed by atoms with van der Waals surface area (Å²) in [7, 11) is 0. The zero-order valence-corrected chi connectivity index (χ0v) is 17.9. The molecule has 0 aliphatic heterocycles. The number of para-hydroxylation sites is 2. The zero-order chi connectivity index (χ0) is 21.6. The fraction of sp³-hybridized carbons (Fsp3) is 0.375. The summed E-state index contributed by atoms with van der Waals surface area (Å²) in [5.74, 6) is 3.28. The van der Waals surface area contributed by atoms with Crippen LogP contribution in [0.4, 0.5) is 0 Å². The van der Waals surface area contributed by atoms with Gasteiger partial charge in [0, 0.05) is 19.5 Å². The van der Waals surface area contributed by atoms with Gasteiger partial charge in [-0.15, -0.1) is 0 Å². The number of nitrogens with one attached hydrogen (secondary N) is 1. The maximum atomic E-state index is 5.98. The number of rotatable bonds is 12. The van der Waals surface area contributed by atoms with E-state index in [1.165, 1.54) is 12.8 Å². The number of aromatic amines is 1. The van der Waals surface area contributed by atoms with Gasteiger partial charge in [-0.05, 0) is 68.1 Å². The van der Waals surface area contributed by atoms with Crippen LogP contribution in [0.25, 0.3) is 11.1 Å². The van der Waals surface area contributed by atoms with Gasteiger partial charge in [0.05, 0.1) is 0 Å². The molecular formula is C24H27N5O3. The minimum Gasteiger partial charge on any atom is -0.492 e. The van der Waals surface area contributed by atoms with E-state index in [1.54, 1.807) is 6.33 Å². The van der Waals surface area contributed by atoms with E-state index in [1.807, 2.05) is 48.5 Å². The van der Waals surface area contributed by atoms with E-state index in [-0.39, 0.29) is 6.08 Å². The van der Waals surface area contributed by atoms with Crippen LogP contribution in [-0.2, 0) is 6.42 Å². The van der Waals surface area contributed by atoms with Crippen molar-refractivity contribution in [2.45, 2.75) is 25.7 Å². The number of hydrogen-bond donors (Lipinski definition) is 1. The molecule has 1 aliphatic carbocycles. The molecule has 0 unspecified atom stereocenters. The Morgan fingerprint density at radius 1 is 1.03 bits per heavy atom. The predicted octanol–water partition coefficient (Wildman–Crippen LogP) is 4.46. The predicted molar refractivity (Wildman–Crippen MR) is 120 cm³/mol. The first kappa shape index (κ1) is 20.5. The van der Waals surface area contributed by atoms with E-state index in [4.69, 9.17) is 13.9 Å². The number of nitrogens with zero attached hydrogens (tertiary/aromatic N) is 4. The molecule has 1 aliphatic rings. The Balaban J connectivity index is 1.08. The second-order valence-corrected chi connectivity index (χ2v) is 8.15. The van der Waals surface area contributed by atoms with E-state index in [0.717, 1.165) is 55.5 Å². The lowest BCUT2D eigenvalue weighted by molar-refractivity contribution is 0.200. The SMILES string of the molecule is c1ccc2oc(Oc3ccc(OCCN(CCCc4ncn[nH]4)CC4CC4)cc3)nc2c1. The van der Waals surface area contributed by atoms with Gasteiger partial charge in [0.25, 0.3) is 0 Å².